The molecule has 2 fully saturated rings. The SMILES string of the molecule is CC(NC(=O)C1(C(=O)O)CCC1)C(=O)N1CCOCC1. The van der Waals surface area contributed by atoms with Crippen molar-refractivity contribution in [3.05, 3.63) is 0 Å². The zero-order valence-corrected chi connectivity index (χ0v) is 11.6. The maximum absolute atomic E-state index is 12.1. The number of rotatable bonds is 4. The molecule has 2 N–H and O–H groups in total. The summed E-state index contributed by atoms with van der Waals surface area (Å²) in [5.74, 6) is -1.85. The summed E-state index contributed by atoms with van der Waals surface area (Å²) in [4.78, 5) is 37.1. The van der Waals surface area contributed by atoms with Crippen LogP contribution in [-0.2, 0) is 19.1 Å². The third-order valence-electron chi connectivity index (χ3n) is 4.09. The molecule has 1 unspecified atom stereocenters. The van der Waals surface area contributed by atoms with Crippen LogP contribution in [-0.4, -0.2) is 60.1 Å². The summed E-state index contributed by atoms with van der Waals surface area (Å²) in [6.45, 7) is 3.58. The normalized spacial score (nSPS) is 22.6. The Morgan fingerprint density at radius 2 is 1.85 bits per heavy atom. The van der Waals surface area contributed by atoms with Gasteiger partial charge in [-0.25, -0.2) is 0 Å². The van der Waals surface area contributed by atoms with Crippen molar-refractivity contribution >= 4 is 17.8 Å². The molecule has 1 aliphatic heterocycles. The smallest absolute Gasteiger partial charge is 0.319 e. The van der Waals surface area contributed by atoms with E-state index in [1.165, 1.54) is 0 Å². The number of carbonyl (C=O) groups excluding carboxylic acids is 2. The Morgan fingerprint density at radius 1 is 1.25 bits per heavy atom. The highest BCUT2D eigenvalue weighted by Crippen LogP contribution is 2.41. The molecule has 2 rings (SSSR count). The number of nitrogens with one attached hydrogen (secondary N) is 1. The van der Waals surface area contributed by atoms with Crippen molar-refractivity contribution in [1.82, 2.24) is 10.2 Å². The van der Waals surface area contributed by atoms with Crippen molar-refractivity contribution in [3.8, 4) is 0 Å². The van der Waals surface area contributed by atoms with E-state index in [9.17, 15) is 19.5 Å². The topological polar surface area (TPSA) is 95.9 Å². The van der Waals surface area contributed by atoms with Crippen LogP contribution in [0.3, 0.4) is 0 Å². The minimum Gasteiger partial charge on any atom is -0.480 e. The number of hydrogen-bond donors (Lipinski definition) is 2. The van der Waals surface area contributed by atoms with E-state index in [0.29, 0.717) is 39.1 Å². The Bertz CT molecular complexity index is 413. The largest absolute Gasteiger partial charge is 0.480 e. The molecule has 1 aliphatic carbocycles. The number of amides is 2. The van der Waals surface area contributed by atoms with E-state index in [2.05, 4.69) is 5.32 Å². The van der Waals surface area contributed by atoms with Crippen LogP contribution in [0.15, 0.2) is 0 Å². The number of carboxylic acids is 1. The van der Waals surface area contributed by atoms with Gasteiger partial charge in [-0.15, -0.1) is 0 Å². The monoisotopic (exact) mass is 284 g/mol. The lowest BCUT2D eigenvalue weighted by Gasteiger charge is -2.37. The molecular weight excluding hydrogens is 264 g/mol. The highest BCUT2D eigenvalue weighted by molar-refractivity contribution is 6.04. The Balaban J connectivity index is 1.93. The molecule has 20 heavy (non-hydrogen) atoms. The molecule has 112 valence electrons. The lowest BCUT2D eigenvalue weighted by Crippen LogP contribution is -2.57. The molecule has 2 aliphatic rings. The quantitative estimate of drug-likeness (QED) is 0.685. The molecule has 0 aromatic rings. The molecule has 0 radical (unpaired) electrons. The second-order valence-electron chi connectivity index (χ2n) is 5.37. The Morgan fingerprint density at radius 3 is 2.30 bits per heavy atom. The van der Waals surface area contributed by atoms with Crippen LogP contribution in [0.2, 0.25) is 0 Å². The first-order chi connectivity index (χ1) is 9.47. The van der Waals surface area contributed by atoms with Gasteiger partial charge in [-0.3, -0.25) is 14.4 Å². The van der Waals surface area contributed by atoms with Crippen LogP contribution < -0.4 is 5.32 Å². The highest BCUT2D eigenvalue weighted by Gasteiger charge is 2.51. The number of ether oxygens (including phenoxy) is 1. The van der Waals surface area contributed by atoms with Gasteiger partial charge in [-0.2, -0.15) is 0 Å². The first kappa shape index (κ1) is 14.8. The van der Waals surface area contributed by atoms with Gasteiger partial charge < -0.3 is 20.1 Å². The lowest BCUT2D eigenvalue weighted by molar-refractivity contribution is -0.163. The van der Waals surface area contributed by atoms with Crippen LogP contribution in [0.4, 0.5) is 0 Å². The third-order valence-corrected chi connectivity index (χ3v) is 4.09. The molecule has 0 aromatic carbocycles. The average molecular weight is 284 g/mol. The molecule has 1 saturated carbocycles. The fourth-order valence-electron chi connectivity index (χ4n) is 2.52. The molecule has 7 heteroatoms. The summed E-state index contributed by atoms with van der Waals surface area (Å²) < 4.78 is 5.16. The van der Waals surface area contributed by atoms with E-state index in [0.717, 1.165) is 6.42 Å². The maximum atomic E-state index is 12.1. The summed E-state index contributed by atoms with van der Waals surface area (Å²) in [5, 5.41) is 11.7. The Hall–Kier alpha value is -1.63. The summed E-state index contributed by atoms with van der Waals surface area (Å²) >= 11 is 0. The van der Waals surface area contributed by atoms with Crippen molar-refractivity contribution in [2.75, 3.05) is 26.3 Å². The Labute approximate surface area is 117 Å². The first-order valence-electron chi connectivity index (χ1n) is 6.88. The van der Waals surface area contributed by atoms with Gasteiger partial charge in [0, 0.05) is 13.1 Å². The Kier molecular flexibility index (Phi) is 4.27. The summed E-state index contributed by atoms with van der Waals surface area (Å²) in [6.07, 6.45) is 1.41. The number of aliphatic carboxylic acids is 1. The van der Waals surface area contributed by atoms with E-state index in [1.807, 2.05) is 0 Å². The second-order valence-corrected chi connectivity index (χ2v) is 5.37. The van der Waals surface area contributed by atoms with E-state index < -0.39 is 23.3 Å². The number of hydrogen-bond acceptors (Lipinski definition) is 4. The number of nitrogens with zero attached hydrogens (tertiary/aromatic N) is 1. The van der Waals surface area contributed by atoms with E-state index in [4.69, 9.17) is 4.74 Å². The average Bonchev–Trinajstić information content (AvgIpc) is 2.36. The van der Waals surface area contributed by atoms with Gasteiger partial charge in [0.25, 0.3) is 0 Å². The van der Waals surface area contributed by atoms with Crippen molar-refractivity contribution in [1.29, 1.82) is 0 Å². The highest BCUT2D eigenvalue weighted by atomic mass is 16.5. The van der Waals surface area contributed by atoms with Crippen LogP contribution in [0.1, 0.15) is 26.2 Å². The molecule has 1 saturated heterocycles. The fraction of sp³-hybridized carbons (Fsp3) is 0.769. The second kappa shape index (κ2) is 5.78. The summed E-state index contributed by atoms with van der Waals surface area (Å²) in [6, 6.07) is -0.711. The first-order valence-corrected chi connectivity index (χ1v) is 6.88. The summed E-state index contributed by atoms with van der Waals surface area (Å²) in [5.41, 5.74) is -1.33. The van der Waals surface area contributed by atoms with Crippen molar-refractivity contribution < 1.29 is 24.2 Å². The van der Waals surface area contributed by atoms with Gasteiger partial charge in [0.1, 0.15) is 11.5 Å². The third kappa shape index (κ3) is 2.63. The minimum absolute atomic E-state index is 0.193. The number of morpholine rings is 1. The number of carboxylic acid groups (broad SMARTS) is 1. The molecule has 7 nitrogen and oxygen atoms in total. The molecule has 2 amide bonds. The summed E-state index contributed by atoms with van der Waals surface area (Å²) in [7, 11) is 0. The van der Waals surface area contributed by atoms with Gasteiger partial charge >= 0.3 is 5.97 Å². The lowest BCUT2D eigenvalue weighted by atomic mass is 9.68. The van der Waals surface area contributed by atoms with Crippen LogP contribution in [0.5, 0.6) is 0 Å². The zero-order valence-electron chi connectivity index (χ0n) is 11.6. The van der Waals surface area contributed by atoms with Crippen molar-refractivity contribution in [2.24, 2.45) is 5.41 Å². The molecule has 0 spiro atoms. The molecule has 0 aromatic heterocycles. The minimum atomic E-state index is -1.33. The fourth-order valence-corrected chi connectivity index (χ4v) is 2.52. The maximum Gasteiger partial charge on any atom is 0.319 e. The molecule has 1 atom stereocenters. The van der Waals surface area contributed by atoms with Gasteiger partial charge in [0.15, 0.2) is 0 Å². The predicted molar refractivity (Wildman–Crippen MR) is 68.9 cm³/mol. The van der Waals surface area contributed by atoms with Gasteiger partial charge in [-0.05, 0) is 19.8 Å². The zero-order chi connectivity index (χ0) is 14.8. The van der Waals surface area contributed by atoms with Crippen molar-refractivity contribution in [2.45, 2.75) is 32.2 Å². The molecular formula is C13H20N2O5. The van der Waals surface area contributed by atoms with E-state index in [1.54, 1.807) is 11.8 Å². The molecule has 0 bridgehead atoms. The number of carbonyl (C=O) groups is 3. The van der Waals surface area contributed by atoms with Crippen LogP contribution in [0.25, 0.3) is 0 Å². The standard InChI is InChI=1S/C13H20N2O5/c1-9(10(16)15-5-7-20-8-6-15)14-11(17)13(12(18)19)3-2-4-13/h9H,2-8H2,1H3,(H,14,17)(H,18,19). The van der Waals surface area contributed by atoms with Crippen LogP contribution >= 0.6 is 0 Å². The van der Waals surface area contributed by atoms with E-state index >= 15 is 0 Å². The predicted octanol–water partition coefficient (Wildman–Crippen LogP) is -0.395. The van der Waals surface area contributed by atoms with E-state index in [-0.39, 0.29) is 5.91 Å². The van der Waals surface area contributed by atoms with Crippen molar-refractivity contribution in [3.63, 3.8) is 0 Å². The van der Waals surface area contributed by atoms with Gasteiger partial charge in [0.05, 0.1) is 13.2 Å². The molecule has 1 heterocycles. The van der Waals surface area contributed by atoms with Gasteiger partial charge in [0.2, 0.25) is 11.8 Å². The van der Waals surface area contributed by atoms with Gasteiger partial charge in [-0.1, -0.05) is 6.42 Å². The van der Waals surface area contributed by atoms with Crippen LogP contribution in [0, 0.1) is 5.41 Å².